The summed E-state index contributed by atoms with van der Waals surface area (Å²) >= 11 is 3.34. The number of rotatable bonds is 5. The number of likely N-dealkylation sites (N-methyl/N-ethyl adjacent to an activating group) is 1. The second-order valence-corrected chi connectivity index (χ2v) is 9.49. The van der Waals surface area contributed by atoms with Crippen LogP contribution in [0.4, 0.5) is 32.3 Å². The number of ether oxygens (including phenoxy) is 2. The SMILES string of the molecule is CN(C)CC1COc2ccc(Nc3ncc4c(n3)N(C)C(=O)N(c3c(F)cccc3Br)C4)cc2O1. The molecule has 3 heterocycles. The molecule has 1 N–H and O–H groups in total. The van der Waals surface area contributed by atoms with Crippen molar-refractivity contribution in [3.8, 4) is 11.5 Å². The maximum atomic E-state index is 14.5. The van der Waals surface area contributed by atoms with Crippen molar-refractivity contribution in [1.82, 2.24) is 14.9 Å². The van der Waals surface area contributed by atoms with Gasteiger partial charge in [0.15, 0.2) is 11.5 Å². The third-order valence-electron chi connectivity index (χ3n) is 5.70. The summed E-state index contributed by atoms with van der Waals surface area (Å²) < 4.78 is 26.9. The van der Waals surface area contributed by atoms with Gasteiger partial charge in [0.2, 0.25) is 5.95 Å². The number of benzene rings is 2. The van der Waals surface area contributed by atoms with E-state index in [0.717, 1.165) is 12.2 Å². The van der Waals surface area contributed by atoms with Crippen LogP contribution in [-0.2, 0) is 6.54 Å². The number of hydrogen-bond acceptors (Lipinski definition) is 7. The molecule has 0 bridgehead atoms. The van der Waals surface area contributed by atoms with Crippen molar-refractivity contribution < 1.29 is 18.7 Å². The third-order valence-corrected chi connectivity index (χ3v) is 6.34. The highest BCUT2D eigenvalue weighted by molar-refractivity contribution is 9.10. The molecular formula is C24H24BrFN6O3. The molecule has 0 saturated carbocycles. The number of fused-ring (bicyclic) bond motifs is 2. The van der Waals surface area contributed by atoms with E-state index in [0.29, 0.717) is 39.9 Å². The Morgan fingerprint density at radius 1 is 1.26 bits per heavy atom. The Kier molecular flexibility index (Phi) is 6.20. The van der Waals surface area contributed by atoms with Crippen LogP contribution in [-0.4, -0.2) is 61.3 Å². The van der Waals surface area contributed by atoms with Crippen LogP contribution in [0.15, 0.2) is 47.1 Å². The van der Waals surface area contributed by atoms with Crippen LogP contribution in [0, 0.1) is 5.82 Å². The number of halogens is 2. The molecular weight excluding hydrogens is 519 g/mol. The molecule has 0 fully saturated rings. The minimum Gasteiger partial charge on any atom is -0.486 e. The Hall–Kier alpha value is -3.44. The average Bonchev–Trinajstić information content (AvgIpc) is 2.82. The maximum Gasteiger partial charge on any atom is 0.330 e. The van der Waals surface area contributed by atoms with E-state index in [2.05, 4.69) is 31.2 Å². The topological polar surface area (TPSA) is 83.1 Å². The molecule has 2 amide bonds. The lowest BCUT2D eigenvalue weighted by Crippen LogP contribution is -2.46. The first kappa shape index (κ1) is 23.3. The lowest BCUT2D eigenvalue weighted by Gasteiger charge is -2.34. The summed E-state index contributed by atoms with van der Waals surface area (Å²) in [5, 5.41) is 3.17. The van der Waals surface area contributed by atoms with Crippen molar-refractivity contribution >= 4 is 45.1 Å². The second-order valence-electron chi connectivity index (χ2n) is 8.64. The Balaban J connectivity index is 1.37. The smallest absolute Gasteiger partial charge is 0.330 e. The molecule has 2 aliphatic rings. The predicted octanol–water partition coefficient (Wildman–Crippen LogP) is 4.40. The number of urea groups is 1. The first-order valence-corrected chi connectivity index (χ1v) is 11.8. The zero-order valence-corrected chi connectivity index (χ0v) is 21.0. The fourth-order valence-corrected chi connectivity index (χ4v) is 4.67. The average molecular weight is 543 g/mol. The molecule has 5 rings (SSSR count). The number of carbonyl (C=O) groups is 1. The van der Waals surface area contributed by atoms with Crippen molar-refractivity contribution in [3.63, 3.8) is 0 Å². The summed E-state index contributed by atoms with van der Waals surface area (Å²) in [5.74, 6) is 1.62. The van der Waals surface area contributed by atoms with Crippen molar-refractivity contribution in [2.24, 2.45) is 0 Å². The molecule has 11 heteroatoms. The van der Waals surface area contributed by atoms with Crippen LogP contribution in [0.1, 0.15) is 5.56 Å². The lowest BCUT2D eigenvalue weighted by atomic mass is 10.2. The molecule has 0 aliphatic carbocycles. The fourth-order valence-electron chi connectivity index (χ4n) is 4.11. The van der Waals surface area contributed by atoms with Gasteiger partial charge < -0.3 is 19.7 Å². The molecule has 0 saturated heterocycles. The number of nitrogens with one attached hydrogen (secondary N) is 1. The molecule has 2 aliphatic heterocycles. The van der Waals surface area contributed by atoms with Gasteiger partial charge in [-0.2, -0.15) is 4.98 Å². The molecule has 1 unspecified atom stereocenters. The lowest BCUT2D eigenvalue weighted by molar-refractivity contribution is 0.0711. The number of nitrogens with zero attached hydrogens (tertiary/aromatic N) is 5. The standard InChI is InChI=1S/C24H24BrFN6O3/c1-30(2)12-16-13-34-19-8-7-15(9-20(19)35-16)28-23-27-10-14-11-32(24(33)31(3)22(14)29-23)21-17(25)5-4-6-18(21)26/h4-10,16H,11-13H2,1-3H3,(H,27,28,29). The first-order valence-electron chi connectivity index (χ1n) is 11.0. The number of hydrogen-bond donors (Lipinski definition) is 1. The van der Waals surface area contributed by atoms with E-state index in [9.17, 15) is 9.18 Å². The van der Waals surface area contributed by atoms with E-state index in [4.69, 9.17) is 9.47 Å². The van der Waals surface area contributed by atoms with Gasteiger partial charge in [-0.05, 0) is 54.3 Å². The van der Waals surface area contributed by atoms with Gasteiger partial charge in [-0.3, -0.25) is 9.80 Å². The van der Waals surface area contributed by atoms with Gasteiger partial charge in [0.1, 0.15) is 24.3 Å². The summed E-state index contributed by atoms with van der Waals surface area (Å²) in [6.07, 6.45) is 1.57. The van der Waals surface area contributed by atoms with Gasteiger partial charge in [0.25, 0.3) is 0 Å². The summed E-state index contributed by atoms with van der Waals surface area (Å²) in [5.41, 5.74) is 1.60. The van der Waals surface area contributed by atoms with Gasteiger partial charge in [0.05, 0.1) is 12.2 Å². The number of amides is 2. The quantitative estimate of drug-likeness (QED) is 0.511. The molecule has 2 aromatic carbocycles. The van der Waals surface area contributed by atoms with E-state index >= 15 is 0 Å². The highest BCUT2D eigenvalue weighted by Gasteiger charge is 2.33. The van der Waals surface area contributed by atoms with Crippen molar-refractivity contribution in [3.05, 3.63) is 58.4 Å². The molecule has 0 spiro atoms. The number of para-hydroxylation sites is 1. The van der Waals surface area contributed by atoms with Gasteiger partial charge >= 0.3 is 6.03 Å². The molecule has 1 atom stereocenters. The summed E-state index contributed by atoms with van der Waals surface area (Å²) in [4.78, 5) is 26.8. The Morgan fingerprint density at radius 3 is 2.86 bits per heavy atom. The summed E-state index contributed by atoms with van der Waals surface area (Å²) in [6.45, 7) is 1.38. The molecule has 9 nitrogen and oxygen atoms in total. The normalized spacial score (nSPS) is 17.0. The van der Waals surface area contributed by atoms with Gasteiger partial charge in [0, 0.05) is 41.6 Å². The second kappa shape index (κ2) is 9.31. The van der Waals surface area contributed by atoms with Gasteiger partial charge in [-0.25, -0.2) is 14.2 Å². The molecule has 1 aromatic heterocycles. The third kappa shape index (κ3) is 4.61. The van der Waals surface area contributed by atoms with Crippen LogP contribution in [0.2, 0.25) is 0 Å². The maximum absolute atomic E-state index is 14.5. The van der Waals surface area contributed by atoms with Crippen LogP contribution in [0.3, 0.4) is 0 Å². The van der Waals surface area contributed by atoms with Gasteiger partial charge in [-0.1, -0.05) is 6.07 Å². The number of anilines is 4. The van der Waals surface area contributed by atoms with Gasteiger partial charge in [-0.15, -0.1) is 0 Å². The van der Waals surface area contributed by atoms with Crippen molar-refractivity contribution in [2.75, 3.05) is 49.4 Å². The van der Waals surface area contributed by atoms with Crippen LogP contribution in [0.5, 0.6) is 11.5 Å². The van der Waals surface area contributed by atoms with Crippen LogP contribution in [0.25, 0.3) is 0 Å². The Labute approximate surface area is 210 Å². The van der Waals surface area contributed by atoms with E-state index in [1.165, 1.54) is 15.9 Å². The minimum atomic E-state index is -0.491. The molecule has 3 aromatic rings. The molecule has 35 heavy (non-hydrogen) atoms. The summed E-state index contributed by atoms with van der Waals surface area (Å²) in [6, 6.07) is 9.73. The predicted molar refractivity (Wildman–Crippen MR) is 134 cm³/mol. The van der Waals surface area contributed by atoms with Crippen LogP contribution < -0.4 is 24.6 Å². The Bertz CT molecular complexity index is 1270. The van der Waals surface area contributed by atoms with E-state index < -0.39 is 5.82 Å². The minimum absolute atomic E-state index is 0.0650. The molecule has 0 radical (unpaired) electrons. The zero-order chi connectivity index (χ0) is 24.7. The first-order chi connectivity index (χ1) is 16.8. The van der Waals surface area contributed by atoms with Crippen LogP contribution >= 0.6 is 15.9 Å². The number of carbonyl (C=O) groups excluding carboxylic acids is 1. The largest absolute Gasteiger partial charge is 0.486 e. The highest BCUT2D eigenvalue weighted by atomic mass is 79.9. The monoisotopic (exact) mass is 542 g/mol. The highest BCUT2D eigenvalue weighted by Crippen LogP contribution is 2.37. The summed E-state index contributed by atoms with van der Waals surface area (Å²) in [7, 11) is 5.58. The van der Waals surface area contributed by atoms with E-state index in [1.807, 2.05) is 37.2 Å². The zero-order valence-electron chi connectivity index (χ0n) is 19.5. The van der Waals surface area contributed by atoms with E-state index in [-0.39, 0.29) is 24.4 Å². The van der Waals surface area contributed by atoms with E-state index in [1.54, 1.807) is 25.4 Å². The molecule has 182 valence electrons. The fraction of sp³-hybridized carbons (Fsp3) is 0.292. The van der Waals surface area contributed by atoms with Crippen molar-refractivity contribution in [1.29, 1.82) is 0 Å². The Morgan fingerprint density at radius 2 is 2.09 bits per heavy atom. The van der Waals surface area contributed by atoms with Crippen molar-refractivity contribution in [2.45, 2.75) is 12.6 Å². The number of aromatic nitrogens is 2.